The lowest BCUT2D eigenvalue weighted by Crippen LogP contribution is -2.20. The Bertz CT molecular complexity index is 493. The number of nitrogens with two attached hydrogens (primary N) is 2. The minimum absolute atomic E-state index is 0.00530. The lowest BCUT2D eigenvalue weighted by atomic mass is 10.1. The Morgan fingerprint density at radius 2 is 2.11 bits per heavy atom. The number of carboxylic acids is 1. The summed E-state index contributed by atoms with van der Waals surface area (Å²) in [6, 6.07) is 2.02. The number of carbonyl (C=O) groups excluding carboxylic acids is 1. The van der Waals surface area contributed by atoms with Crippen LogP contribution in [-0.2, 0) is 9.53 Å². The highest BCUT2D eigenvalue weighted by Gasteiger charge is 2.12. The summed E-state index contributed by atoms with van der Waals surface area (Å²) >= 11 is 0. The van der Waals surface area contributed by atoms with Crippen LogP contribution in [0.2, 0.25) is 0 Å². The van der Waals surface area contributed by atoms with Crippen LogP contribution in [-0.4, -0.2) is 36.7 Å². The van der Waals surface area contributed by atoms with Gasteiger partial charge in [0.15, 0.2) is 0 Å². The first kappa shape index (κ1) is 14.7. The van der Waals surface area contributed by atoms with Gasteiger partial charge >= 0.3 is 5.97 Å². The zero-order chi connectivity index (χ0) is 14.4. The Hall–Kier alpha value is -2.35. The van der Waals surface area contributed by atoms with Crippen molar-refractivity contribution in [3.63, 3.8) is 0 Å². The van der Waals surface area contributed by atoms with Gasteiger partial charge in [0, 0.05) is 12.2 Å². The molecule has 0 aliphatic carbocycles. The molecule has 0 aromatic heterocycles. The number of hydrogen-bond acceptors (Lipinski definition) is 5. The average Bonchev–Trinajstić information content (AvgIpc) is 2.30. The van der Waals surface area contributed by atoms with E-state index in [0.717, 1.165) is 12.1 Å². The van der Waals surface area contributed by atoms with E-state index in [0.29, 0.717) is 0 Å². The Kier molecular flexibility index (Phi) is 5.07. The molecule has 1 rings (SSSR count). The number of primary amides is 1. The quantitative estimate of drug-likeness (QED) is 0.409. The van der Waals surface area contributed by atoms with E-state index < -0.39 is 17.7 Å². The molecule has 0 aliphatic heterocycles. The third-order valence-corrected chi connectivity index (χ3v) is 2.18. The number of carbonyl (C=O) groups is 2. The number of nitrogen functional groups attached to an aromatic ring is 1. The predicted molar refractivity (Wildman–Crippen MR) is 66.3 cm³/mol. The van der Waals surface area contributed by atoms with Gasteiger partial charge in [-0.15, -0.1) is 0 Å². The summed E-state index contributed by atoms with van der Waals surface area (Å²) in [4.78, 5) is 21.2. The van der Waals surface area contributed by atoms with Crippen LogP contribution in [0.1, 0.15) is 10.4 Å². The first-order valence-electron chi connectivity index (χ1n) is 5.34. The number of aromatic carboxylic acids is 1. The molecule has 0 saturated heterocycles. The highest BCUT2D eigenvalue weighted by atomic mass is 19.1. The van der Waals surface area contributed by atoms with Crippen LogP contribution in [0.5, 0.6) is 0 Å². The van der Waals surface area contributed by atoms with E-state index in [1.807, 2.05) is 0 Å². The Balaban J connectivity index is 2.60. The first-order chi connectivity index (χ1) is 8.91. The van der Waals surface area contributed by atoms with Gasteiger partial charge in [0.1, 0.15) is 12.4 Å². The van der Waals surface area contributed by atoms with Crippen molar-refractivity contribution in [3.05, 3.63) is 23.5 Å². The predicted octanol–water partition coefficient (Wildman–Crippen LogP) is 0.0199. The summed E-state index contributed by atoms with van der Waals surface area (Å²) in [5.74, 6) is -2.52. The molecule has 19 heavy (non-hydrogen) atoms. The first-order valence-corrected chi connectivity index (χ1v) is 5.34. The van der Waals surface area contributed by atoms with Crippen molar-refractivity contribution in [2.24, 2.45) is 5.73 Å². The SMILES string of the molecule is NC(=O)COCCNc1cc(C(=O)O)c(N)cc1F. The van der Waals surface area contributed by atoms with Crippen molar-refractivity contribution < 1.29 is 23.8 Å². The maximum Gasteiger partial charge on any atom is 0.337 e. The number of rotatable bonds is 7. The van der Waals surface area contributed by atoms with Crippen LogP contribution in [0.3, 0.4) is 0 Å². The number of benzene rings is 1. The molecule has 0 fully saturated rings. The van der Waals surface area contributed by atoms with Crippen LogP contribution < -0.4 is 16.8 Å². The third-order valence-electron chi connectivity index (χ3n) is 2.18. The number of anilines is 2. The standard InChI is InChI=1S/C11H14FN3O4/c12-7-4-8(13)6(11(17)18)3-9(7)15-1-2-19-5-10(14)16/h3-4,15H,1-2,5,13H2,(H2,14,16)(H,17,18). The molecule has 0 unspecified atom stereocenters. The molecular weight excluding hydrogens is 257 g/mol. The zero-order valence-electron chi connectivity index (χ0n) is 9.98. The van der Waals surface area contributed by atoms with Gasteiger partial charge in [0.2, 0.25) is 5.91 Å². The van der Waals surface area contributed by atoms with Crippen LogP contribution in [0, 0.1) is 5.82 Å². The molecule has 0 aliphatic rings. The number of ether oxygens (including phenoxy) is 1. The lowest BCUT2D eigenvalue weighted by molar-refractivity contribution is -0.122. The van der Waals surface area contributed by atoms with Gasteiger partial charge in [0.25, 0.3) is 0 Å². The van der Waals surface area contributed by atoms with Crippen LogP contribution >= 0.6 is 0 Å². The summed E-state index contributed by atoms with van der Waals surface area (Å²) in [5.41, 5.74) is 9.88. The van der Waals surface area contributed by atoms with Crippen molar-refractivity contribution in [2.45, 2.75) is 0 Å². The minimum atomic E-state index is -1.24. The number of amides is 1. The molecule has 0 spiro atoms. The van der Waals surface area contributed by atoms with Crippen molar-refractivity contribution in [3.8, 4) is 0 Å². The fraction of sp³-hybridized carbons (Fsp3) is 0.273. The minimum Gasteiger partial charge on any atom is -0.478 e. The van der Waals surface area contributed by atoms with E-state index in [1.165, 1.54) is 0 Å². The van der Waals surface area contributed by atoms with Crippen LogP contribution in [0.25, 0.3) is 0 Å². The van der Waals surface area contributed by atoms with Gasteiger partial charge in [-0.3, -0.25) is 4.79 Å². The summed E-state index contributed by atoms with van der Waals surface area (Å²) in [7, 11) is 0. The Morgan fingerprint density at radius 1 is 1.42 bits per heavy atom. The molecule has 0 saturated carbocycles. The van der Waals surface area contributed by atoms with Crippen LogP contribution in [0.15, 0.2) is 12.1 Å². The van der Waals surface area contributed by atoms with E-state index in [9.17, 15) is 14.0 Å². The Labute approximate surface area is 108 Å². The van der Waals surface area contributed by atoms with Gasteiger partial charge in [-0.05, 0) is 12.1 Å². The highest BCUT2D eigenvalue weighted by Crippen LogP contribution is 2.22. The summed E-state index contributed by atoms with van der Waals surface area (Å²) in [5, 5.41) is 11.5. The Morgan fingerprint density at radius 3 is 2.68 bits per heavy atom. The van der Waals surface area contributed by atoms with Gasteiger partial charge in [-0.1, -0.05) is 0 Å². The maximum atomic E-state index is 13.5. The second-order valence-corrected chi connectivity index (χ2v) is 3.67. The largest absolute Gasteiger partial charge is 0.478 e. The monoisotopic (exact) mass is 271 g/mol. The van der Waals surface area contributed by atoms with Crippen molar-refractivity contribution >= 4 is 23.3 Å². The molecule has 104 valence electrons. The topological polar surface area (TPSA) is 128 Å². The van der Waals surface area contributed by atoms with Gasteiger partial charge < -0.3 is 26.6 Å². The normalized spacial score (nSPS) is 10.2. The zero-order valence-corrected chi connectivity index (χ0v) is 9.98. The molecule has 0 atom stereocenters. The molecular formula is C11H14FN3O4. The molecule has 7 nitrogen and oxygen atoms in total. The summed E-state index contributed by atoms with van der Waals surface area (Å²) in [6.45, 7) is 0.0780. The number of carboxylic acid groups (broad SMARTS) is 1. The van der Waals surface area contributed by atoms with E-state index in [2.05, 4.69) is 5.32 Å². The number of nitrogens with one attached hydrogen (secondary N) is 1. The lowest BCUT2D eigenvalue weighted by Gasteiger charge is -2.10. The van der Waals surface area contributed by atoms with Gasteiger partial charge in [0.05, 0.1) is 17.9 Å². The molecule has 0 radical (unpaired) electrons. The van der Waals surface area contributed by atoms with Crippen molar-refractivity contribution in [1.82, 2.24) is 0 Å². The highest BCUT2D eigenvalue weighted by molar-refractivity contribution is 5.94. The number of halogens is 1. The summed E-state index contributed by atoms with van der Waals surface area (Å²) < 4.78 is 18.3. The van der Waals surface area contributed by atoms with Gasteiger partial charge in [-0.2, -0.15) is 0 Å². The molecule has 1 aromatic carbocycles. The molecule has 6 N–H and O–H groups in total. The number of hydrogen-bond donors (Lipinski definition) is 4. The van der Waals surface area contributed by atoms with E-state index >= 15 is 0 Å². The summed E-state index contributed by atoms with van der Waals surface area (Å²) in [6.07, 6.45) is 0. The van der Waals surface area contributed by atoms with E-state index in [4.69, 9.17) is 21.3 Å². The van der Waals surface area contributed by atoms with Crippen LogP contribution in [0.4, 0.5) is 15.8 Å². The fourth-order valence-corrected chi connectivity index (χ4v) is 1.34. The molecule has 0 heterocycles. The second kappa shape index (κ2) is 6.55. The second-order valence-electron chi connectivity index (χ2n) is 3.67. The molecule has 8 heteroatoms. The van der Waals surface area contributed by atoms with Crippen molar-refractivity contribution in [1.29, 1.82) is 0 Å². The molecule has 0 bridgehead atoms. The third kappa shape index (κ3) is 4.43. The average molecular weight is 271 g/mol. The smallest absolute Gasteiger partial charge is 0.337 e. The van der Waals surface area contributed by atoms with E-state index in [-0.39, 0.29) is 36.7 Å². The van der Waals surface area contributed by atoms with Crippen molar-refractivity contribution in [2.75, 3.05) is 30.8 Å². The van der Waals surface area contributed by atoms with Gasteiger partial charge in [-0.25, -0.2) is 9.18 Å². The molecule has 1 amide bonds. The maximum absolute atomic E-state index is 13.5. The fourth-order valence-electron chi connectivity index (χ4n) is 1.34. The van der Waals surface area contributed by atoms with E-state index in [1.54, 1.807) is 0 Å². The molecule has 1 aromatic rings.